The van der Waals surface area contributed by atoms with Crippen LogP contribution < -0.4 is 24.3 Å². The van der Waals surface area contributed by atoms with Crippen LogP contribution in [-0.4, -0.2) is 54.8 Å². The summed E-state index contributed by atoms with van der Waals surface area (Å²) < 4.78 is 21.9. The van der Waals surface area contributed by atoms with Crippen LogP contribution in [0.2, 0.25) is 0 Å². The molecule has 180 valence electrons. The lowest BCUT2D eigenvalue weighted by Crippen LogP contribution is -2.67. The van der Waals surface area contributed by atoms with Crippen molar-refractivity contribution < 1.29 is 28.5 Å². The fourth-order valence-corrected chi connectivity index (χ4v) is 6.23. The molecule has 2 aromatic carbocycles. The number of ether oxygens (including phenoxy) is 4. The van der Waals surface area contributed by atoms with Crippen LogP contribution in [0.4, 0.5) is 0 Å². The van der Waals surface area contributed by atoms with Gasteiger partial charge in [0.1, 0.15) is 5.54 Å². The first kappa shape index (κ1) is 22.7. The van der Waals surface area contributed by atoms with Gasteiger partial charge in [-0.3, -0.25) is 9.59 Å². The Hall–Kier alpha value is -3.07. The maximum atomic E-state index is 13.8. The summed E-state index contributed by atoms with van der Waals surface area (Å²) in [5, 5.41) is 3.10. The number of likely N-dealkylation sites (tertiary alicyclic amines) is 1. The number of amides is 2. The zero-order valence-electron chi connectivity index (χ0n) is 19.3. The van der Waals surface area contributed by atoms with Gasteiger partial charge in [-0.2, -0.15) is 11.8 Å². The van der Waals surface area contributed by atoms with E-state index in [4.69, 9.17) is 18.9 Å². The lowest BCUT2D eigenvalue weighted by atomic mass is 9.80. The molecule has 5 rings (SSSR count). The maximum absolute atomic E-state index is 13.8. The molecule has 1 atom stereocenters. The van der Waals surface area contributed by atoms with Crippen molar-refractivity contribution in [2.75, 3.05) is 32.5 Å². The SMILES string of the molecule is COc1cccc(CNC(=O)C2(N3C(=O)CC3c3ccc4c(c3)OCO4)CCSCC2)c1OC. The molecule has 34 heavy (non-hydrogen) atoms. The number of thioether (sulfide) groups is 1. The first-order valence-corrected chi connectivity index (χ1v) is 12.5. The van der Waals surface area contributed by atoms with E-state index in [0.717, 1.165) is 22.6 Å². The number of hydrogen-bond donors (Lipinski definition) is 1. The van der Waals surface area contributed by atoms with Crippen molar-refractivity contribution in [1.82, 2.24) is 10.2 Å². The van der Waals surface area contributed by atoms with Crippen molar-refractivity contribution in [3.05, 3.63) is 47.5 Å². The molecule has 0 aromatic heterocycles. The van der Waals surface area contributed by atoms with Crippen molar-refractivity contribution in [2.45, 2.75) is 37.4 Å². The van der Waals surface area contributed by atoms with E-state index in [9.17, 15) is 9.59 Å². The highest BCUT2D eigenvalue weighted by molar-refractivity contribution is 7.99. The summed E-state index contributed by atoms with van der Waals surface area (Å²) in [5.74, 6) is 4.12. The number of nitrogens with zero attached hydrogens (tertiary/aromatic N) is 1. The molecule has 0 aliphatic carbocycles. The normalized spacial score (nSPS) is 20.5. The van der Waals surface area contributed by atoms with Gasteiger partial charge in [0.15, 0.2) is 23.0 Å². The van der Waals surface area contributed by atoms with Gasteiger partial charge in [0.25, 0.3) is 0 Å². The van der Waals surface area contributed by atoms with Gasteiger partial charge in [-0.1, -0.05) is 18.2 Å². The predicted octanol–water partition coefficient (Wildman–Crippen LogP) is 3.29. The third-order valence-electron chi connectivity index (χ3n) is 6.86. The van der Waals surface area contributed by atoms with Crippen LogP contribution in [-0.2, 0) is 16.1 Å². The third-order valence-corrected chi connectivity index (χ3v) is 7.84. The molecule has 3 heterocycles. The van der Waals surface area contributed by atoms with Gasteiger partial charge in [0.2, 0.25) is 18.6 Å². The second-order valence-electron chi connectivity index (χ2n) is 8.58. The number of carbonyl (C=O) groups excluding carboxylic acids is 2. The fraction of sp³-hybridized carbons (Fsp3) is 0.440. The molecular formula is C25H28N2O6S. The van der Waals surface area contributed by atoms with E-state index in [2.05, 4.69) is 5.32 Å². The Morgan fingerprint density at radius 2 is 1.94 bits per heavy atom. The lowest BCUT2D eigenvalue weighted by molar-refractivity contribution is -0.166. The Kier molecular flexibility index (Phi) is 6.20. The van der Waals surface area contributed by atoms with Gasteiger partial charge in [0.05, 0.1) is 26.7 Å². The van der Waals surface area contributed by atoms with E-state index >= 15 is 0 Å². The van der Waals surface area contributed by atoms with Gasteiger partial charge in [0, 0.05) is 12.1 Å². The van der Waals surface area contributed by atoms with E-state index in [-0.39, 0.29) is 31.2 Å². The second kappa shape index (κ2) is 9.29. The minimum absolute atomic E-state index is 0.00341. The zero-order chi connectivity index (χ0) is 23.7. The molecule has 8 nitrogen and oxygen atoms in total. The molecular weight excluding hydrogens is 456 g/mol. The van der Waals surface area contributed by atoms with E-state index < -0.39 is 5.54 Å². The molecule has 1 N–H and O–H groups in total. The average Bonchev–Trinajstić information content (AvgIpc) is 3.33. The average molecular weight is 485 g/mol. The summed E-state index contributed by atoms with van der Waals surface area (Å²) in [7, 11) is 3.17. The Bertz CT molecular complexity index is 1100. The number of carbonyl (C=O) groups is 2. The zero-order valence-corrected chi connectivity index (χ0v) is 20.1. The summed E-state index contributed by atoms with van der Waals surface area (Å²) >= 11 is 1.82. The summed E-state index contributed by atoms with van der Waals surface area (Å²) in [6, 6.07) is 11.2. The quantitative estimate of drug-likeness (QED) is 0.604. The van der Waals surface area contributed by atoms with E-state index in [0.29, 0.717) is 42.3 Å². The predicted molar refractivity (Wildman–Crippen MR) is 127 cm³/mol. The molecule has 3 aliphatic rings. The first-order valence-electron chi connectivity index (χ1n) is 11.3. The summed E-state index contributed by atoms with van der Waals surface area (Å²) in [5.41, 5.74) is 0.898. The molecule has 1 unspecified atom stereocenters. The minimum Gasteiger partial charge on any atom is -0.493 e. The van der Waals surface area contributed by atoms with Crippen LogP contribution >= 0.6 is 11.8 Å². The summed E-state index contributed by atoms with van der Waals surface area (Å²) in [6.45, 7) is 0.480. The molecule has 2 aromatic rings. The number of benzene rings is 2. The molecule has 9 heteroatoms. The number of nitrogens with one attached hydrogen (secondary N) is 1. The van der Waals surface area contributed by atoms with Gasteiger partial charge in [-0.15, -0.1) is 0 Å². The van der Waals surface area contributed by atoms with E-state index in [1.807, 2.05) is 53.1 Å². The molecule has 2 saturated heterocycles. The molecule has 0 saturated carbocycles. The smallest absolute Gasteiger partial charge is 0.246 e. The largest absolute Gasteiger partial charge is 0.493 e. The molecule has 3 aliphatic heterocycles. The topological polar surface area (TPSA) is 86.3 Å². The Balaban J connectivity index is 1.40. The number of para-hydroxylation sites is 1. The van der Waals surface area contributed by atoms with Gasteiger partial charge >= 0.3 is 0 Å². The van der Waals surface area contributed by atoms with Crippen molar-refractivity contribution in [3.63, 3.8) is 0 Å². The van der Waals surface area contributed by atoms with Crippen LogP contribution in [0.5, 0.6) is 23.0 Å². The lowest BCUT2D eigenvalue weighted by Gasteiger charge is -2.54. The molecule has 2 fully saturated rings. The van der Waals surface area contributed by atoms with Crippen molar-refractivity contribution in [3.8, 4) is 23.0 Å². The van der Waals surface area contributed by atoms with Crippen LogP contribution in [0.3, 0.4) is 0 Å². The van der Waals surface area contributed by atoms with Crippen LogP contribution in [0.25, 0.3) is 0 Å². The highest BCUT2D eigenvalue weighted by atomic mass is 32.2. The minimum atomic E-state index is -0.881. The second-order valence-corrected chi connectivity index (χ2v) is 9.80. The Morgan fingerprint density at radius 3 is 2.68 bits per heavy atom. The number of methoxy groups -OCH3 is 2. The number of fused-ring (bicyclic) bond motifs is 1. The molecule has 0 spiro atoms. The standard InChI is InChI=1S/C25H28N2O6S/c1-30-20-5-3-4-17(23(20)31-2)14-26-24(29)25(8-10-34-11-9-25)27-18(13-22(27)28)16-6-7-19-21(12-16)33-15-32-19/h3-7,12,18H,8-11,13-15H2,1-2H3,(H,26,29). The van der Waals surface area contributed by atoms with Crippen LogP contribution in [0.15, 0.2) is 36.4 Å². The van der Waals surface area contributed by atoms with E-state index in [1.165, 1.54) is 0 Å². The highest BCUT2D eigenvalue weighted by Gasteiger charge is 2.55. The number of β-lactam (4-membered cyclic amide) rings is 1. The van der Waals surface area contributed by atoms with Crippen molar-refractivity contribution >= 4 is 23.6 Å². The fourth-order valence-electron chi connectivity index (χ4n) is 5.06. The van der Waals surface area contributed by atoms with Gasteiger partial charge in [-0.25, -0.2) is 0 Å². The first-order chi connectivity index (χ1) is 16.6. The number of hydrogen-bond acceptors (Lipinski definition) is 7. The van der Waals surface area contributed by atoms with Crippen LogP contribution in [0, 0.1) is 0 Å². The Morgan fingerprint density at radius 1 is 1.15 bits per heavy atom. The number of rotatable bonds is 7. The third kappa shape index (κ3) is 3.81. The Labute approximate surface area is 202 Å². The van der Waals surface area contributed by atoms with E-state index in [1.54, 1.807) is 14.2 Å². The maximum Gasteiger partial charge on any atom is 0.246 e. The van der Waals surface area contributed by atoms with Gasteiger partial charge < -0.3 is 29.2 Å². The van der Waals surface area contributed by atoms with Gasteiger partial charge in [-0.05, 0) is 48.1 Å². The molecule has 0 radical (unpaired) electrons. The van der Waals surface area contributed by atoms with Crippen molar-refractivity contribution in [1.29, 1.82) is 0 Å². The summed E-state index contributed by atoms with van der Waals surface area (Å²) in [6.07, 6.45) is 1.61. The highest BCUT2D eigenvalue weighted by Crippen LogP contribution is 2.47. The summed E-state index contributed by atoms with van der Waals surface area (Å²) in [4.78, 5) is 28.5. The van der Waals surface area contributed by atoms with Crippen molar-refractivity contribution in [2.24, 2.45) is 0 Å². The molecule has 0 bridgehead atoms. The monoisotopic (exact) mass is 484 g/mol. The van der Waals surface area contributed by atoms with Crippen LogP contribution in [0.1, 0.15) is 36.4 Å². The molecule has 2 amide bonds.